The SMILES string of the molecule is Cc1ccc(S(N)(=O)=O)cc1NC(=O)C1CCOC1C. The number of hydrogen-bond acceptors (Lipinski definition) is 4. The molecule has 0 spiro atoms. The van der Waals surface area contributed by atoms with E-state index in [2.05, 4.69) is 5.32 Å². The number of nitrogens with two attached hydrogens (primary N) is 1. The zero-order valence-electron chi connectivity index (χ0n) is 11.4. The van der Waals surface area contributed by atoms with Crippen molar-refractivity contribution < 1.29 is 17.9 Å². The van der Waals surface area contributed by atoms with E-state index in [1.807, 2.05) is 6.92 Å². The number of sulfonamides is 1. The van der Waals surface area contributed by atoms with E-state index in [0.717, 1.165) is 5.56 Å². The summed E-state index contributed by atoms with van der Waals surface area (Å²) in [5.74, 6) is -0.378. The van der Waals surface area contributed by atoms with Gasteiger partial charge in [0.15, 0.2) is 0 Å². The zero-order chi connectivity index (χ0) is 14.9. The number of primary sulfonamides is 1. The molecule has 1 amide bonds. The van der Waals surface area contributed by atoms with Gasteiger partial charge < -0.3 is 10.1 Å². The van der Waals surface area contributed by atoms with Gasteiger partial charge in [-0.3, -0.25) is 4.79 Å². The Bertz CT molecular complexity index is 627. The van der Waals surface area contributed by atoms with E-state index >= 15 is 0 Å². The predicted molar refractivity (Wildman–Crippen MR) is 74.7 cm³/mol. The molecule has 6 nitrogen and oxygen atoms in total. The standard InChI is InChI=1S/C13H18N2O4S/c1-8-3-4-10(20(14,17)18)7-12(8)15-13(16)11-5-6-19-9(11)2/h3-4,7,9,11H,5-6H2,1-2H3,(H,15,16)(H2,14,17,18). The smallest absolute Gasteiger partial charge is 0.238 e. The molecule has 1 aromatic carbocycles. The molecular formula is C13H18N2O4S. The second-order valence-corrected chi connectivity index (χ2v) is 6.54. The third-order valence-corrected chi connectivity index (χ3v) is 4.42. The highest BCUT2D eigenvalue weighted by Crippen LogP contribution is 2.24. The summed E-state index contributed by atoms with van der Waals surface area (Å²) in [6.45, 7) is 4.21. The number of nitrogens with one attached hydrogen (secondary N) is 1. The van der Waals surface area contributed by atoms with Crippen molar-refractivity contribution in [3.8, 4) is 0 Å². The van der Waals surface area contributed by atoms with Crippen LogP contribution in [0.2, 0.25) is 0 Å². The summed E-state index contributed by atoms with van der Waals surface area (Å²) in [5, 5.41) is 7.85. The van der Waals surface area contributed by atoms with E-state index in [1.165, 1.54) is 12.1 Å². The maximum Gasteiger partial charge on any atom is 0.238 e. The van der Waals surface area contributed by atoms with Gasteiger partial charge in [-0.2, -0.15) is 0 Å². The summed E-state index contributed by atoms with van der Waals surface area (Å²) in [7, 11) is -3.78. The second-order valence-electron chi connectivity index (χ2n) is 4.98. The van der Waals surface area contributed by atoms with E-state index in [0.29, 0.717) is 18.7 Å². The molecule has 2 atom stereocenters. The monoisotopic (exact) mass is 298 g/mol. The van der Waals surface area contributed by atoms with Gasteiger partial charge in [0.2, 0.25) is 15.9 Å². The average molecular weight is 298 g/mol. The molecule has 0 aliphatic carbocycles. The Morgan fingerprint density at radius 1 is 1.45 bits per heavy atom. The first-order chi connectivity index (χ1) is 9.29. The van der Waals surface area contributed by atoms with Crippen LogP contribution < -0.4 is 10.5 Å². The topological polar surface area (TPSA) is 98.5 Å². The van der Waals surface area contributed by atoms with Crippen molar-refractivity contribution in [3.05, 3.63) is 23.8 Å². The van der Waals surface area contributed by atoms with Gasteiger partial charge in [0.25, 0.3) is 0 Å². The fraction of sp³-hybridized carbons (Fsp3) is 0.462. The maximum absolute atomic E-state index is 12.2. The number of carbonyl (C=O) groups excluding carboxylic acids is 1. The van der Waals surface area contributed by atoms with Gasteiger partial charge in [-0.25, -0.2) is 13.6 Å². The van der Waals surface area contributed by atoms with Crippen LogP contribution in [-0.2, 0) is 19.6 Å². The Hall–Kier alpha value is -1.44. The van der Waals surface area contributed by atoms with Crippen LogP contribution in [0.5, 0.6) is 0 Å². The number of ether oxygens (including phenoxy) is 1. The molecule has 1 saturated heterocycles. The van der Waals surface area contributed by atoms with Crippen LogP contribution in [0, 0.1) is 12.8 Å². The van der Waals surface area contributed by atoms with Gasteiger partial charge in [-0.05, 0) is 38.0 Å². The van der Waals surface area contributed by atoms with Gasteiger partial charge in [0.1, 0.15) is 0 Å². The average Bonchev–Trinajstić information content (AvgIpc) is 2.77. The van der Waals surface area contributed by atoms with Crippen LogP contribution in [0.15, 0.2) is 23.1 Å². The Labute approximate surface area is 118 Å². The van der Waals surface area contributed by atoms with Crippen molar-refractivity contribution in [2.24, 2.45) is 11.1 Å². The number of amides is 1. The summed E-state index contributed by atoms with van der Waals surface area (Å²) in [4.78, 5) is 12.1. The summed E-state index contributed by atoms with van der Waals surface area (Å²) < 4.78 is 28.0. The van der Waals surface area contributed by atoms with Crippen LogP contribution in [0.1, 0.15) is 18.9 Å². The molecule has 2 rings (SSSR count). The van der Waals surface area contributed by atoms with E-state index < -0.39 is 10.0 Å². The number of anilines is 1. The molecule has 7 heteroatoms. The quantitative estimate of drug-likeness (QED) is 0.870. The first kappa shape index (κ1) is 15.0. The summed E-state index contributed by atoms with van der Waals surface area (Å²) >= 11 is 0. The largest absolute Gasteiger partial charge is 0.378 e. The number of hydrogen-bond donors (Lipinski definition) is 2. The first-order valence-electron chi connectivity index (χ1n) is 6.35. The molecule has 0 aromatic heterocycles. The lowest BCUT2D eigenvalue weighted by Gasteiger charge is -2.15. The number of rotatable bonds is 3. The van der Waals surface area contributed by atoms with Crippen LogP contribution in [0.4, 0.5) is 5.69 Å². The van der Waals surface area contributed by atoms with Gasteiger partial charge >= 0.3 is 0 Å². The Morgan fingerprint density at radius 2 is 2.15 bits per heavy atom. The third kappa shape index (κ3) is 3.17. The zero-order valence-corrected chi connectivity index (χ0v) is 12.2. The summed E-state index contributed by atoms with van der Waals surface area (Å²) in [5.41, 5.74) is 1.23. The van der Waals surface area contributed by atoms with Crippen molar-refractivity contribution in [3.63, 3.8) is 0 Å². The molecule has 0 bridgehead atoms. The van der Waals surface area contributed by atoms with Crippen molar-refractivity contribution in [1.82, 2.24) is 0 Å². The molecule has 1 aliphatic rings. The van der Waals surface area contributed by atoms with Crippen LogP contribution in [0.3, 0.4) is 0 Å². The van der Waals surface area contributed by atoms with Gasteiger partial charge in [-0.1, -0.05) is 6.07 Å². The minimum absolute atomic E-state index is 0.0193. The molecule has 2 unspecified atom stereocenters. The molecule has 20 heavy (non-hydrogen) atoms. The minimum atomic E-state index is -3.78. The van der Waals surface area contributed by atoms with E-state index in [-0.39, 0.29) is 22.8 Å². The first-order valence-corrected chi connectivity index (χ1v) is 7.89. The highest BCUT2D eigenvalue weighted by molar-refractivity contribution is 7.89. The molecule has 1 aromatic rings. The van der Waals surface area contributed by atoms with Crippen molar-refractivity contribution in [1.29, 1.82) is 0 Å². The van der Waals surface area contributed by atoms with E-state index in [4.69, 9.17) is 9.88 Å². The molecule has 0 radical (unpaired) electrons. The minimum Gasteiger partial charge on any atom is -0.378 e. The van der Waals surface area contributed by atoms with Gasteiger partial charge in [0, 0.05) is 12.3 Å². The van der Waals surface area contributed by atoms with Crippen molar-refractivity contribution in [2.75, 3.05) is 11.9 Å². The molecule has 0 saturated carbocycles. The molecule has 1 heterocycles. The highest BCUT2D eigenvalue weighted by atomic mass is 32.2. The van der Waals surface area contributed by atoms with Crippen LogP contribution in [0.25, 0.3) is 0 Å². The molecule has 1 fully saturated rings. The molecule has 3 N–H and O–H groups in total. The fourth-order valence-electron chi connectivity index (χ4n) is 2.21. The van der Waals surface area contributed by atoms with Gasteiger partial charge in [0.05, 0.1) is 16.9 Å². The summed E-state index contributed by atoms with van der Waals surface area (Å²) in [6, 6.07) is 4.41. The fourth-order valence-corrected chi connectivity index (χ4v) is 2.75. The highest BCUT2D eigenvalue weighted by Gasteiger charge is 2.31. The molecule has 1 aliphatic heterocycles. The molecule has 110 valence electrons. The third-order valence-electron chi connectivity index (χ3n) is 3.51. The lowest BCUT2D eigenvalue weighted by atomic mass is 10.0. The Balaban J connectivity index is 2.22. The number of benzene rings is 1. The Morgan fingerprint density at radius 3 is 2.70 bits per heavy atom. The lowest BCUT2D eigenvalue weighted by Crippen LogP contribution is -2.28. The maximum atomic E-state index is 12.2. The Kier molecular flexibility index (Phi) is 4.12. The normalized spacial score (nSPS) is 22.8. The number of aryl methyl sites for hydroxylation is 1. The van der Waals surface area contributed by atoms with Gasteiger partial charge in [-0.15, -0.1) is 0 Å². The molecular weight excluding hydrogens is 280 g/mol. The lowest BCUT2D eigenvalue weighted by molar-refractivity contribution is -0.121. The van der Waals surface area contributed by atoms with E-state index in [9.17, 15) is 13.2 Å². The summed E-state index contributed by atoms with van der Waals surface area (Å²) in [6.07, 6.45) is 0.540. The van der Waals surface area contributed by atoms with Crippen LogP contribution >= 0.6 is 0 Å². The van der Waals surface area contributed by atoms with Crippen molar-refractivity contribution in [2.45, 2.75) is 31.3 Å². The van der Waals surface area contributed by atoms with Crippen LogP contribution in [-0.4, -0.2) is 27.0 Å². The number of carbonyl (C=O) groups is 1. The predicted octanol–water partition coefficient (Wildman–Crippen LogP) is 1.01. The second kappa shape index (κ2) is 5.51. The van der Waals surface area contributed by atoms with Crippen molar-refractivity contribution >= 4 is 21.6 Å². The van der Waals surface area contributed by atoms with E-state index in [1.54, 1.807) is 13.0 Å².